The Morgan fingerprint density at radius 3 is 2.23 bits per heavy atom. The predicted molar refractivity (Wildman–Crippen MR) is 206 cm³/mol. The van der Waals surface area contributed by atoms with Gasteiger partial charge in [-0.25, -0.2) is 9.48 Å². The van der Waals surface area contributed by atoms with Crippen molar-refractivity contribution >= 4 is 35.4 Å². The van der Waals surface area contributed by atoms with Crippen molar-refractivity contribution in [3.8, 4) is 12.3 Å². The number of aliphatic hydroxyl groups is 3. The summed E-state index contributed by atoms with van der Waals surface area (Å²) in [6, 6.07) is -1.91. The molecule has 2 aliphatic rings. The smallest absolute Gasteiger partial charge is 0.384 e. The Kier molecular flexibility index (Phi) is 15.8. The third kappa shape index (κ3) is 12.0. The van der Waals surface area contributed by atoms with Crippen LogP contribution in [0.3, 0.4) is 0 Å². The monoisotopic (exact) mass is 847 g/mol. The minimum Gasteiger partial charge on any atom is -0.384 e. The van der Waals surface area contributed by atoms with Crippen molar-refractivity contribution in [2.45, 2.75) is 120 Å². The highest BCUT2D eigenvalue weighted by molar-refractivity contribution is 6.37. The fraction of sp³-hybridized carbons (Fsp3) is 0.590. The molecule has 0 bridgehead atoms. The summed E-state index contributed by atoms with van der Waals surface area (Å²) in [5.74, 6) is -6.76. The van der Waals surface area contributed by atoms with E-state index in [4.69, 9.17) is 12.2 Å². The van der Waals surface area contributed by atoms with Gasteiger partial charge in [-0.1, -0.05) is 55.4 Å². The highest BCUT2D eigenvalue weighted by atomic mass is 19.4. The number of likely N-dealkylation sites (tertiary alicyclic amines) is 1. The number of nitrogens with one attached hydrogen (secondary N) is 4. The van der Waals surface area contributed by atoms with Gasteiger partial charge < -0.3 is 47.2 Å². The molecule has 328 valence electrons. The van der Waals surface area contributed by atoms with Crippen LogP contribution < -0.4 is 27.0 Å². The Hall–Kier alpha value is -5.59. The first-order chi connectivity index (χ1) is 28.1. The lowest BCUT2D eigenvalue weighted by Crippen LogP contribution is -2.56. The van der Waals surface area contributed by atoms with Gasteiger partial charge in [-0.3, -0.25) is 24.0 Å². The van der Waals surface area contributed by atoms with Gasteiger partial charge in [0.05, 0.1) is 30.5 Å². The molecule has 1 unspecified atom stereocenters. The fourth-order valence-electron chi connectivity index (χ4n) is 7.45. The number of carbonyl (C=O) groups excluding carboxylic acids is 6. The van der Waals surface area contributed by atoms with E-state index in [1.54, 1.807) is 0 Å². The molecule has 2 aromatic rings. The van der Waals surface area contributed by atoms with Gasteiger partial charge in [-0.15, -0.1) is 11.5 Å². The number of hydrogen-bond acceptors (Lipinski definition) is 11. The summed E-state index contributed by atoms with van der Waals surface area (Å²) in [7, 11) is 0. The average molecular weight is 848 g/mol. The molecular formula is C39H52F3N9O9. The molecule has 1 saturated heterocycles. The van der Waals surface area contributed by atoms with Crippen LogP contribution in [-0.4, -0.2) is 115 Å². The molecule has 9 N–H and O–H groups in total. The Bertz CT molecular complexity index is 1900. The Labute approximate surface area is 344 Å². The molecule has 1 aromatic carbocycles. The molecule has 4 rings (SSSR count). The van der Waals surface area contributed by atoms with Crippen LogP contribution in [0.4, 0.5) is 18.0 Å². The molecule has 6 amide bonds. The van der Waals surface area contributed by atoms with Crippen molar-refractivity contribution in [1.82, 2.24) is 41.2 Å². The second-order valence-electron chi connectivity index (χ2n) is 15.6. The van der Waals surface area contributed by atoms with Crippen molar-refractivity contribution in [1.29, 1.82) is 0 Å². The molecule has 0 spiro atoms. The van der Waals surface area contributed by atoms with E-state index in [0.717, 1.165) is 56.4 Å². The number of primary amides is 1. The first kappa shape index (κ1) is 47.1. The number of alkyl halides is 3. The number of nitrogens with zero attached hydrogens (tertiary/aromatic N) is 4. The molecule has 1 aliphatic heterocycles. The van der Waals surface area contributed by atoms with Gasteiger partial charge in [-0.05, 0) is 57.6 Å². The van der Waals surface area contributed by atoms with E-state index in [1.807, 2.05) is 0 Å². The lowest BCUT2D eigenvalue weighted by atomic mass is 9.84. The molecular weight excluding hydrogens is 795 g/mol. The van der Waals surface area contributed by atoms with E-state index in [-0.39, 0.29) is 62.5 Å². The fourth-order valence-corrected chi connectivity index (χ4v) is 7.45. The predicted octanol–water partition coefficient (Wildman–Crippen LogP) is 0.758. The number of rotatable bonds is 18. The summed E-state index contributed by atoms with van der Waals surface area (Å²) in [6.45, 7) is 3.00. The second-order valence-corrected chi connectivity index (χ2v) is 15.6. The number of Topliss-reactive ketones (excluding diaryl/α,β-unsaturated/α-hetero) is 1. The quantitative estimate of drug-likeness (QED) is 0.0449. The number of terminal acetylenes is 1. The molecule has 2 heterocycles. The van der Waals surface area contributed by atoms with Crippen LogP contribution in [0.1, 0.15) is 106 Å². The minimum atomic E-state index is -5.43. The van der Waals surface area contributed by atoms with E-state index in [1.165, 1.54) is 29.6 Å². The summed E-state index contributed by atoms with van der Waals surface area (Å²) in [5, 5.41) is 48.5. The highest BCUT2D eigenvalue weighted by Crippen LogP contribution is 2.37. The standard InChI is InChI=1S/C39H52F3N9O9/c1-4-17-44-36(57)45-18-9-8-12-27(31(52)32(43)53)47-34(55)29-20-26(51-30(21-46-49-51)37(2,3)58)22-50(29)35(56)28(19-23-10-6-5-7-11-23)48-33(54)24-13-15-25(16-14-24)38(59,60)39(40,41)42/h1,13-16,21,23,26-29,58-60H,5-12,17-20,22H2,2-3H3,(H2,43,53)(H,47,55)(H,48,54)(H2,44,45,57)/t26-,27?,28+,29-/m0/s1. The molecule has 2 fully saturated rings. The number of carbonyl (C=O) groups is 6. The largest absolute Gasteiger partial charge is 0.447 e. The van der Waals surface area contributed by atoms with Crippen molar-refractivity contribution in [2.75, 3.05) is 19.6 Å². The molecule has 60 heavy (non-hydrogen) atoms. The first-order valence-electron chi connectivity index (χ1n) is 19.6. The Balaban J connectivity index is 1.63. The highest BCUT2D eigenvalue weighted by Gasteiger charge is 2.54. The van der Waals surface area contributed by atoms with Crippen LogP contribution in [0.5, 0.6) is 0 Å². The summed E-state index contributed by atoms with van der Waals surface area (Å²) >= 11 is 0. The topological polar surface area (TPSA) is 271 Å². The zero-order valence-corrected chi connectivity index (χ0v) is 33.3. The molecule has 1 aromatic heterocycles. The van der Waals surface area contributed by atoms with Gasteiger partial charge in [0.1, 0.15) is 17.7 Å². The van der Waals surface area contributed by atoms with Crippen LogP contribution >= 0.6 is 0 Å². The van der Waals surface area contributed by atoms with Gasteiger partial charge in [0.15, 0.2) is 0 Å². The molecule has 1 saturated carbocycles. The first-order valence-corrected chi connectivity index (χ1v) is 19.6. The number of urea groups is 1. The zero-order chi connectivity index (χ0) is 44.4. The average Bonchev–Trinajstić information content (AvgIpc) is 3.87. The Morgan fingerprint density at radius 1 is 0.967 bits per heavy atom. The van der Waals surface area contributed by atoms with Gasteiger partial charge in [0.25, 0.3) is 17.6 Å². The minimum absolute atomic E-state index is 0.0117. The Morgan fingerprint density at radius 2 is 1.63 bits per heavy atom. The van der Waals surface area contributed by atoms with Crippen molar-refractivity contribution in [2.24, 2.45) is 11.7 Å². The maximum Gasteiger partial charge on any atom is 0.447 e. The van der Waals surface area contributed by atoms with E-state index < -0.39 is 82.7 Å². The van der Waals surface area contributed by atoms with Crippen LogP contribution in [0.2, 0.25) is 0 Å². The molecule has 18 nitrogen and oxygen atoms in total. The maximum absolute atomic E-state index is 14.7. The number of hydrogen-bond donors (Lipinski definition) is 8. The third-order valence-corrected chi connectivity index (χ3v) is 10.7. The number of aromatic nitrogens is 3. The molecule has 21 heteroatoms. The number of halogens is 3. The van der Waals surface area contributed by atoms with E-state index in [9.17, 15) is 57.3 Å². The zero-order valence-electron chi connectivity index (χ0n) is 33.3. The summed E-state index contributed by atoms with van der Waals surface area (Å²) < 4.78 is 41.1. The van der Waals surface area contributed by atoms with Crippen molar-refractivity contribution < 1.29 is 57.3 Å². The number of nitrogens with two attached hydrogens (primary N) is 1. The molecule has 0 radical (unpaired) electrons. The summed E-state index contributed by atoms with van der Waals surface area (Å²) in [6.07, 6.45) is 5.78. The van der Waals surface area contributed by atoms with Crippen molar-refractivity contribution in [3.63, 3.8) is 0 Å². The van der Waals surface area contributed by atoms with Gasteiger partial charge in [0, 0.05) is 30.6 Å². The number of benzene rings is 1. The third-order valence-electron chi connectivity index (χ3n) is 10.7. The van der Waals surface area contributed by atoms with Gasteiger partial charge in [-0.2, -0.15) is 13.2 Å². The number of ketones is 1. The lowest BCUT2D eigenvalue weighted by molar-refractivity contribution is -0.358. The lowest BCUT2D eigenvalue weighted by Gasteiger charge is -2.32. The summed E-state index contributed by atoms with van der Waals surface area (Å²) in [4.78, 5) is 80.6. The van der Waals surface area contributed by atoms with Gasteiger partial charge in [0.2, 0.25) is 17.6 Å². The number of amides is 6. The second kappa shape index (κ2) is 20.1. The SMILES string of the molecule is C#CCNC(=O)NCCCCC(NC(=O)[C@@H]1C[C@H](n2nncc2C(C)(C)O)CN1C(=O)[C@@H](CC1CCCCC1)NC(=O)c1ccc(C(O)(O)C(F)(F)F)cc1)C(=O)C(N)=O. The number of unbranched alkanes of at least 4 members (excludes halogenated alkanes) is 1. The van der Waals surface area contributed by atoms with Crippen LogP contribution in [0.15, 0.2) is 30.5 Å². The summed E-state index contributed by atoms with van der Waals surface area (Å²) in [5.41, 5.74) is 3.01. The van der Waals surface area contributed by atoms with Gasteiger partial charge >= 0.3 is 12.2 Å². The van der Waals surface area contributed by atoms with E-state index in [0.29, 0.717) is 6.42 Å². The van der Waals surface area contributed by atoms with Crippen molar-refractivity contribution in [3.05, 3.63) is 47.3 Å². The molecule has 4 atom stereocenters. The normalized spacial score (nSPS) is 18.5. The van der Waals surface area contributed by atoms with Crippen LogP contribution in [0, 0.1) is 18.3 Å². The van der Waals surface area contributed by atoms with E-state index in [2.05, 4.69) is 37.5 Å². The molecule has 1 aliphatic carbocycles. The van der Waals surface area contributed by atoms with E-state index >= 15 is 0 Å². The maximum atomic E-state index is 14.7. The van der Waals surface area contributed by atoms with Crippen LogP contribution in [-0.2, 0) is 30.6 Å². The van der Waals surface area contributed by atoms with Crippen LogP contribution in [0.25, 0.3) is 0 Å².